The highest BCUT2D eigenvalue weighted by Crippen LogP contribution is 2.52. The molecule has 0 radical (unpaired) electrons. The van der Waals surface area contributed by atoms with Crippen LogP contribution in [0.15, 0.2) is 29.6 Å². The first-order valence-corrected chi connectivity index (χ1v) is 11.4. The van der Waals surface area contributed by atoms with Crippen molar-refractivity contribution in [1.82, 2.24) is 4.98 Å². The molecule has 0 bridgehead atoms. The fourth-order valence-corrected chi connectivity index (χ4v) is 5.26. The normalized spacial score (nSPS) is 27.5. The number of hydrogen-bond donors (Lipinski definition) is 0. The fraction of sp³-hybridized carbons (Fsp3) is 0.522. The Morgan fingerprint density at radius 3 is 2.84 bits per heavy atom. The second kappa shape index (κ2) is 8.59. The van der Waals surface area contributed by atoms with Crippen LogP contribution in [0, 0.1) is 5.41 Å². The zero-order valence-electron chi connectivity index (χ0n) is 18.0. The van der Waals surface area contributed by atoms with Gasteiger partial charge in [0.1, 0.15) is 11.9 Å². The van der Waals surface area contributed by atoms with Crippen molar-refractivity contribution in [2.45, 2.75) is 51.2 Å². The van der Waals surface area contributed by atoms with Crippen molar-refractivity contribution in [3.8, 4) is 5.75 Å². The Kier molecular flexibility index (Phi) is 6.03. The van der Waals surface area contributed by atoms with Gasteiger partial charge in [0, 0.05) is 36.8 Å². The number of carbonyl (C=O) groups is 2. The number of ether oxygens (including phenoxy) is 4. The molecule has 0 N–H and O–H groups in total. The van der Waals surface area contributed by atoms with Gasteiger partial charge in [0.05, 0.1) is 24.4 Å². The summed E-state index contributed by atoms with van der Waals surface area (Å²) in [4.78, 5) is 30.3. The lowest BCUT2D eigenvalue weighted by molar-refractivity contribution is -0.160. The number of aromatic nitrogens is 1. The van der Waals surface area contributed by atoms with Crippen molar-refractivity contribution < 1.29 is 28.5 Å². The molecule has 3 atom stereocenters. The summed E-state index contributed by atoms with van der Waals surface area (Å²) < 4.78 is 22.2. The van der Waals surface area contributed by atoms with Crippen LogP contribution in [0.4, 0.5) is 0 Å². The average molecular weight is 446 g/mol. The van der Waals surface area contributed by atoms with E-state index in [1.54, 1.807) is 7.11 Å². The number of nitrogens with zero attached hydrogens (tertiary/aromatic N) is 1. The van der Waals surface area contributed by atoms with Gasteiger partial charge in [-0.2, -0.15) is 0 Å². The predicted molar refractivity (Wildman–Crippen MR) is 114 cm³/mol. The summed E-state index contributed by atoms with van der Waals surface area (Å²) in [7, 11) is 1.64. The van der Waals surface area contributed by atoms with Gasteiger partial charge in [0.2, 0.25) is 0 Å². The Labute approximate surface area is 185 Å². The molecule has 2 aromatic rings. The van der Waals surface area contributed by atoms with Crippen molar-refractivity contribution in [3.05, 3.63) is 45.9 Å². The molecule has 31 heavy (non-hydrogen) atoms. The summed E-state index contributed by atoms with van der Waals surface area (Å²) in [5, 5.41) is 2.79. The van der Waals surface area contributed by atoms with Crippen LogP contribution in [0.25, 0.3) is 0 Å². The summed E-state index contributed by atoms with van der Waals surface area (Å²) >= 11 is 1.50. The third-order valence-electron chi connectivity index (χ3n) is 5.87. The van der Waals surface area contributed by atoms with Crippen molar-refractivity contribution in [3.63, 3.8) is 0 Å². The molecule has 7 nitrogen and oxygen atoms in total. The van der Waals surface area contributed by atoms with Gasteiger partial charge in [-0.1, -0.05) is 25.1 Å². The molecule has 3 heterocycles. The van der Waals surface area contributed by atoms with Gasteiger partial charge in [-0.25, -0.2) is 4.98 Å². The molecular formula is C23H27NO6S. The number of carbonyl (C=O) groups excluding carboxylic acids is 2. The number of thiazole rings is 1. The van der Waals surface area contributed by atoms with Crippen LogP contribution in [-0.2, 0) is 35.8 Å². The maximum Gasteiger partial charge on any atom is 0.324 e. The molecule has 8 heteroatoms. The maximum atomic E-state index is 12.8. The summed E-state index contributed by atoms with van der Waals surface area (Å²) in [6.07, 6.45) is 1.57. The number of cyclic esters (lactones) is 2. The highest BCUT2D eigenvalue weighted by Gasteiger charge is 2.65. The molecule has 2 fully saturated rings. The lowest BCUT2D eigenvalue weighted by Gasteiger charge is -2.20. The molecule has 1 aromatic carbocycles. The van der Waals surface area contributed by atoms with Crippen molar-refractivity contribution >= 4 is 23.3 Å². The van der Waals surface area contributed by atoms with E-state index in [9.17, 15) is 9.59 Å². The minimum absolute atomic E-state index is 0.222. The Bertz CT molecular complexity index is 974. The van der Waals surface area contributed by atoms with Crippen molar-refractivity contribution in [2.75, 3.05) is 20.3 Å². The molecule has 1 aromatic heterocycles. The molecule has 4 rings (SSSR count). The first-order valence-electron chi connectivity index (χ1n) is 10.5. The number of rotatable bonds is 8. The highest BCUT2D eigenvalue weighted by molar-refractivity contribution is 7.09. The minimum atomic E-state index is -1.28. The smallest absolute Gasteiger partial charge is 0.324 e. The van der Waals surface area contributed by atoms with Gasteiger partial charge < -0.3 is 18.9 Å². The van der Waals surface area contributed by atoms with Gasteiger partial charge in [-0.05, 0) is 19.4 Å². The van der Waals surface area contributed by atoms with Crippen LogP contribution >= 0.6 is 11.3 Å². The largest absolute Gasteiger partial charge is 0.496 e. The summed E-state index contributed by atoms with van der Waals surface area (Å²) in [5.41, 5.74) is -0.553. The molecule has 0 unspecified atom stereocenters. The van der Waals surface area contributed by atoms with Gasteiger partial charge in [-0.15, -0.1) is 11.3 Å². The Morgan fingerprint density at radius 1 is 1.26 bits per heavy atom. The summed E-state index contributed by atoms with van der Waals surface area (Å²) in [6, 6.07) is 7.80. The summed E-state index contributed by atoms with van der Waals surface area (Å²) in [5.74, 6) is -0.241. The molecule has 0 amide bonds. The second-order valence-electron chi connectivity index (χ2n) is 8.30. The topological polar surface area (TPSA) is 84.0 Å². The van der Waals surface area contributed by atoms with E-state index < -0.39 is 29.1 Å². The minimum Gasteiger partial charge on any atom is -0.496 e. The summed E-state index contributed by atoms with van der Waals surface area (Å²) in [6.45, 7) is 4.72. The SMILES string of the molecule is CCCOC[C@@H]1C[C@]2(C[C@@](C)(c3csc(Cc4ccccc4OC)n3)OC2=O)C(=O)O1. The third-order valence-corrected chi connectivity index (χ3v) is 6.72. The quantitative estimate of drug-likeness (QED) is 0.348. The van der Waals surface area contributed by atoms with E-state index in [4.69, 9.17) is 23.9 Å². The van der Waals surface area contributed by atoms with Crippen LogP contribution in [-0.4, -0.2) is 43.4 Å². The standard InChI is InChI=1S/C23H27NO6S/c1-4-9-28-12-16-11-23(20(25)29-16)14-22(2,30-21(23)26)18-13-31-19(24-18)10-15-7-5-6-8-17(15)27-3/h5-8,13,16H,4,9-12,14H2,1-3H3/t16-,22-,23-/m0/s1. The van der Waals surface area contributed by atoms with Crippen LogP contribution in [0.1, 0.15) is 49.4 Å². The zero-order chi connectivity index (χ0) is 22.1. The van der Waals surface area contributed by atoms with Crippen LogP contribution in [0.3, 0.4) is 0 Å². The van der Waals surface area contributed by atoms with E-state index in [2.05, 4.69) is 0 Å². The molecule has 1 spiro atoms. The van der Waals surface area contributed by atoms with E-state index in [1.165, 1.54) is 11.3 Å². The van der Waals surface area contributed by atoms with Crippen LogP contribution in [0.5, 0.6) is 5.75 Å². The first-order chi connectivity index (χ1) is 14.9. The first kappa shape index (κ1) is 21.8. The Morgan fingerprint density at radius 2 is 2.06 bits per heavy atom. The van der Waals surface area contributed by atoms with Gasteiger partial charge in [-0.3, -0.25) is 9.59 Å². The molecule has 2 aliphatic rings. The number of hydrogen-bond acceptors (Lipinski definition) is 8. The van der Waals surface area contributed by atoms with Crippen LogP contribution < -0.4 is 4.74 Å². The number of esters is 2. The lowest BCUT2D eigenvalue weighted by Crippen LogP contribution is -2.32. The third kappa shape index (κ3) is 4.06. The van der Waals surface area contributed by atoms with E-state index in [1.807, 2.05) is 43.5 Å². The zero-order valence-corrected chi connectivity index (χ0v) is 18.8. The maximum absolute atomic E-state index is 12.8. The molecule has 2 saturated heterocycles. The molecular weight excluding hydrogens is 418 g/mol. The molecule has 2 aliphatic heterocycles. The molecule has 166 valence electrons. The van der Waals surface area contributed by atoms with Crippen molar-refractivity contribution in [2.24, 2.45) is 5.41 Å². The van der Waals surface area contributed by atoms with Gasteiger partial charge >= 0.3 is 11.9 Å². The lowest BCUT2D eigenvalue weighted by atomic mass is 9.78. The monoisotopic (exact) mass is 445 g/mol. The highest BCUT2D eigenvalue weighted by atomic mass is 32.1. The molecule has 0 saturated carbocycles. The van der Waals surface area contributed by atoms with E-state index >= 15 is 0 Å². The Hall–Kier alpha value is -2.45. The average Bonchev–Trinajstić information content (AvgIpc) is 3.41. The number of benzene rings is 1. The van der Waals surface area contributed by atoms with E-state index in [0.717, 1.165) is 22.7 Å². The van der Waals surface area contributed by atoms with E-state index in [-0.39, 0.29) is 12.8 Å². The predicted octanol–water partition coefficient (Wildman–Crippen LogP) is 3.63. The molecule has 0 aliphatic carbocycles. The van der Waals surface area contributed by atoms with Gasteiger partial charge in [0.15, 0.2) is 11.0 Å². The fourth-order valence-electron chi connectivity index (χ4n) is 4.32. The van der Waals surface area contributed by atoms with Gasteiger partial charge in [0.25, 0.3) is 0 Å². The number of para-hydroxylation sites is 1. The van der Waals surface area contributed by atoms with Crippen molar-refractivity contribution in [1.29, 1.82) is 0 Å². The second-order valence-corrected chi connectivity index (χ2v) is 9.24. The number of methoxy groups -OCH3 is 1. The Balaban J connectivity index is 1.50. The van der Waals surface area contributed by atoms with E-state index in [0.29, 0.717) is 25.3 Å². The van der Waals surface area contributed by atoms with Crippen LogP contribution in [0.2, 0.25) is 0 Å².